The number of pyridine rings is 1. The Morgan fingerprint density at radius 3 is 2.59 bits per heavy atom. The lowest BCUT2D eigenvalue weighted by Gasteiger charge is -2.36. The van der Waals surface area contributed by atoms with E-state index < -0.39 is 11.9 Å². The first-order valence-electron chi connectivity index (χ1n) is 20.7. The van der Waals surface area contributed by atoms with Gasteiger partial charge < -0.3 is 25.4 Å². The maximum absolute atomic E-state index is 13.2. The van der Waals surface area contributed by atoms with E-state index in [9.17, 15) is 19.2 Å². The molecule has 0 radical (unpaired) electrons. The van der Waals surface area contributed by atoms with Gasteiger partial charge in [0.05, 0.1) is 22.7 Å². The number of piperazine rings is 1. The summed E-state index contributed by atoms with van der Waals surface area (Å²) in [5, 5.41) is 15.7. The highest BCUT2D eigenvalue weighted by atomic mass is 16.5. The number of nitrogens with one attached hydrogen (secondary N) is 2. The fourth-order valence-corrected chi connectivity index (χ4v) is 9.07. The van der Waals surface area contributed by atoms with Gasteiger partial charge in [0.2, 0.25) is 17.7 Å². The summed E-state index contributed by atoms with van der Waals surface area (Å²) < 4.78 is 7.80. The number of aromatic nitrogens is 6. The number of rotatable bonds is 12. The van der Waals surface area contributed by atoms with Crippen LogP contribution in [0.1, 0.15) is 85.0 Å². The number of amides is 4. The van der Waals surface area contributed by atoms with Crippen LogP contribution in [0.25, 0.3) is 33.7 Å². The van der Waals surface area contributed by atoms with Gasteiger partial charge in [-0.2, -0.15) is 5.10 Å². The summed E-state index contributed by atoms with van der Waals surface area (Å²) in [5.74, 6) is 0.561. The number of hydrogen-bond acceptors (Lipinski definition) is 13. The lowest BCUT2D eigenvalue weighted by molar-refractivity contribution is -0.137. The summed E-state index contributed by atoms with van der Waals surface area (Å²) >= 11 is 0. The van der Waals surface area contributed by atoms with Crippen LogP contribution in [0.3, 0.4) is 0 Å². The van der Waals surface area contributed by atoms with E-state index >= 15 is 0 Å². The maximum Gasteiger partial charge on any atom is 0.255 e. The SMILES string of the molecule is Nc1ncnc2c1c(-c1noc(C3CC3)c1-c1ccccn1)nn2C1CC(C(=O)NCCCCN2CCN(c3ccc4c(c3)CN([C@@H]3CCC(=O)NC3=O)C4=O)CC2)C1. The van der Waals surface area contributed by atoms with Gasteiger partial charge in [-0.25, -0.2) is 14.6 Å². The van der Waals surface area contributed by atoms with Gasteiger partial charge in [-0.15, -0.1) is 0 Å². The van der Waals surface area contributed by atoms with Crippen molar-refractivity contribution in [2.75, 3.05) is 49.9 Å². The summed E-state index contributed by atoms with van der Waals surface area (Å²) in [5.41, 5.74) is 12.4. The van der Waals surface area contributed by atoms with E-state index in [1.807, 2.05) is 35.0 Å². The third-order valence-corrected chi connectivity index (χ3v) is 12.6. The van der Waals surface area contributed by atoms with Gasteiger partial charge >= 0.3 is 0 Å². The monoisotopic (exact) mass is 798 g/mol. The predicted octanol–water partition coefficient (Wildman–Crippen LogP) is 3.43. The van der Waals surface area contributed by atoms with E-state index in [0.717, 1.165) is 86.7 Å². The Labute approximate surface area is 339 Å². The van der Waals surface area contributed by atoms with Crippen molar-refractivity contribution in [2.24, 2.45) is 5.92 Å². The van der Waals surface area contributed by atoms with E-state index in [2.05, 4.69) is 46.6 Å². The average Bonchev–Trinajstić information content (AvgIpc) is 3.74. The molecule has 2 aliphatic carbocycles. The molecule has 0 unspecified atom stereocenters. The topological polar surface area (TPSA) is 211 Å². The number of nitrogens with zero attached hydrogens (tertiary/aromatic N) is 9. The molecule has 304 valence electrons. The second kappa shape index (κ2) is 15.2. The normalized spacial score (nSPS) is 22.1. The Bertz CT molecular complexity index is 2450. The van der Waals surface area contributed by atoms with E-state index in [1.165, 1.54) is 6.33 Å². The third-order valence-electron chi connectivity index (χ3n) is 12.6. The molecule has 17 nitrogen and oxygen atoms in total. The minimum absolute atomic E-state index is 0.0186. The number of fused-ring (bicyclic) bond motifs is 2. The summed E-state index contributed by atoms with van der Waals surface area (Å²) in [6.45, 7) is 5.58. The minimum atomic E-state index is -0.613. The molecule has 17 heteroatoms. The zero-order chi connectivity index (χ0) is 40.2. The molecule has 5 aliphatic rings. The third kappa shape index (κ3) is 6.96. The first-order valence-corrected chi connectivity index (χ1v) is 20.7. The Balaban J connectivity index is 0.692. The number of carbonyl (C=O) groups excluding carboxylic acids is 4. The molecule has 0 bridgehead atoms. The first kappa shape index (κ1) is 37.1. The maximum atomic E-state index is 13.2. The van der Waals surface area contributed by atoms with Gasteiger partial charge in [-0.1, -0.05) is 11.2 Å². The molecule has 0 spiro atoms. The quantitative estimate of drug-likeness (QED) is 0.122. The molecule has 4 amide bonds. The van der Waals surface area contributed by atoms with Crippen LogP contribution in [0.4, 0.5) is 11.5 Å². The molecule has 2 saturated heterocycles. The molecule has 7 heterocycles. The molecule has 59 heavy (non-hydrogen) atoms. The van der Waals surface area contributed by atoms with Crippen LogP contribution in [0.2, 0.25) is 0 Å². The lowest BCUT2D eigenvalue weighted by Crippen LogP contribution is -2.52. The highest BCUT2D eigenvalue weighted by Crippen LogP contribution is 2.49. The van der Waals surface area contributed by atoms with Gasteiger partial charge in [0, 0.05) is 75.0 Å². The summed E-state index contributed by atoms with van der Waals surface area (Å²) in [4.78, 5) is 70.2. The minimum Gasteiger partial charge on any atom is -0.383 e. The largest absolute Gasteiger partial charge is 0.383 e. The number of benzene rings is 1. The number of imide groups is 1. The van der Waals surface area contributed by atoms with E-state index in [1.54, 1.807) is 11.1 Å². The Kier molecular flexibility index (Phi) is 9.53. The van der Waals surface area contributed by atoms with Gasteiger partial charge in [-0.05, 0) is 87.4 Å². The van der Waals surface area contributed by atoms with Crippen molar-refractivity contribution in [2.45, 2.75) is 75.9 Å². The predicted molar refractivity (Wildman–Crippen MR) is 216 cm³/mol. The molecule has 4 N–H and O–H groups in total. The molecule has 3 aliphatic heterocycles. The zero-order valence-electron chi connectivity index (χ0n) is 32.7. The molecule has 4 aromatic heterocycles. The number of piperidine rings is 1. The zero-order valence-corrected chi connectivity index (χ0v) is 32.7. The second-order valence-corrected chi connectivity index (χ2v) is 16.4. The van der Waals surface area contributed by atoms with Crippen molar-refractivity contribution >= 4 is 46.2 Å². The Hall–Kier alpha value is -6.23. The lowest BCUT2D eigenvalue weighted by atomic mass is 9.79. The summed E-state index contributed by atoms with van der Waals surface area (Å²) in [6, 6.07) is 11.1. The van der Waals surface area contributed by atoms with E-state index in [4.69, 9.17) is 15.4 Å². The van der Waals surface area contributed by atoms with Crippen LogP contribution >= 0.6 is 0 Å². The number of hydrogen-bond donors (Lipinski definition) is 3. The highest BCUT2D eigenvalue weighted by molar-refractivity contribution is 6.05. The Morgan fingerprint density at radius 1 is 0.966 bits per heavy atom. The number of unbranched alkanes of at least 4 members (excludes halogenated alkanes) is 1. The van der Waals surface area contributed by atoms with Crippen molar-refractivity contribution in [1.82, 2.24) is 50.3 Å². The van der Waals surface area contributed by atoms with Gasteiger partial charge in [0.1, 0.15) is 35.3 Å². The van der Waals surface area contributed by atoms with E-state index in [-0.39, 0.29) is 36.1 Å². The van der Waals surface area contributed by atoms with Crippen molar-refractivity contribution in [3.63, 3.8) is 0 Å². The Morgan fingerprint density at radius 2 is 1.81 bits per heavy atom. The molecule has 4 fully saturated rings. The van der Waals surface area contributed by atoms with Crippen molar-refractivity contribution in [1.29, 1.82) is 0 Å². The molecule has 5 aromatic rings. The second-order valence-electron chi connectivity index (χ2n) is 16.4. The van der Waals surface area contributed by atoms with Crippen molar-refractivity contribution < 1.29 is 23.7 Å². The number of nitrogen functional groups attached to an aromatic ring is 1. The van der Waals surface area contributed by atoms with Crippen LogP contribution in [0, 0.1) is 5.92 Å². The van der Waals surface area contributed by atoms with Crippen LogP contribution in [-0.2, 0) is 20.9 Å². The molecule has 1 aromatic carbocycles. The van der Waals surface area contributed by atoms with Crippen LogP contribution < -0.4 is 21.3 Å². The first-order chi connectivity index (χ1) is 28.8. The smallest absolute Gasteiger partial charge is 0.255 e. The summed E-state index contributed by atoms with van der Waals surface area (Å²) in [7, 11) is 0. The fraction of sp³-hybridized carbons (Fsp3) is 0.452. The van der Waals surface area contributed by atoms with Crippen LogP contribution in [-0.4, -0.2) is 109 Å². The number of nitrogens with two attached hydrogens (primary N) is 1. The fourth-order valence-electron chi connectivity index (χ4n) is 9.07. The van der Waals surface area contributed by atoms with Crippen LogP contribution in [0.5, 0.6) is 0 Å². The molecule has 1 atom stereocenters. The van der Waals surface area contributed by atoms with E-state index in [0.29, 0.717) is 72.1 Å². The average molecular weight is 799 g/mol. The number of anilines is 2. The highest BCUT2D eigenvalue weighted by Gasteiger charge is 2.41. The summed E-state index contributed by atoms with van der Waals surface area (Å²) in [6.07, 6.45) is 9.05. The number of carbonyl (C=O) groups is 4. The van der Waals surface area contributed by atoms with Crippen LogP contribution in [0.15, 0.2) is 53.4 Å². The molecular formula is C42H46N12O5. The van der Waals surface area contributed by atoms with Gasteiger partial charge in [0.15, 0.2) is 5.65 Å². The molecule has 2 saturated carbocycles. The standard InChI is InChI=1S/C42H46N12O5/c43-38-34-35(36-33(30-5-1-2-12-44-30)37(59-50-36)24-6-7-24)49-54(39(34)47-23-46-38)28-19-25(20-28)40(56)45-13-3-4-14-51-15-17-52(18-16-51)27-8-9-29-26(21-27)22-53(42(29)58)31-10-11-32(55)48-41(31)57/h1-2,5,8-9,12,21,23-25,28,31H,3-4,6-7,10-11,13-20,22H2,(H,45,56)(H2,43,46,47)(H,48,55,57)/t25?,28?,31-/m1/s1. The molecular weight excluding hydrogens is 753 g/mol. The van der Waals surface area contributed by atoms with Crippen molar-refractivity contribution in [3.8, 4) is 22.6 Å². The van der Waals surface area contributed by atoms with Gasteiger partial charge in [0.25, 0.3) is 5.91 Å². The van der Waals surface area contributed by atoms with Crippen molar-refractivity contribution in [3.05, 3.63) is 65.8 Å². The van der Waals surface area contributed by atoms with Gasteiger partial charge in [-0.3, -0.25) is 34.4 Å². The molecule has 10 rings (SSSR count).